The van der Waals surface area contributed by atoms with E-state index in [-0.39, 0.29) is 5.91 Å². The number of hydrogen-bond acceptors (Lipinski definition) is 2. The molecule has 0 spiro atoms. The van der Waals surface area contributed by atoms with Crippen LogP contribution in [0.4, 0.5) is 0 Å². The fourth-order valence-electron chi connectivity index (χ4n) is 0.933. The number of carbonyl (C=O) groups is 1. The molecule has 1 heterocycles. The molecule has 0 aliphatic rings. The predicted octanol–water partition coefficient (Wildman–Crippen LogP) is 2.23. The molecule has 14 heavy (non-hydrogen) atoms. The Labute approximate surface area is 92.1 Å². The Bertz CT molecular complexity index is 326. The Kier molecular flexibility index (Phi) is 4.07. The van der Waals surface area contributed by atoms with Gasteiger partial charge in [0.2, 0.25) is 0 Å². The van der Waals surface area contributed by atoms with E-state index in [0.29, 0.717) is 18.2 Å². The molecule has 0 radical (unpaired) electrons. The summed E-state index contributed by atoms with van der Waals surface area (Å²) in [6, 6.07) is 3.58. The van der Waals surface area contributed by atoms with E-state index in [9.17, 15) is 4.79 Å². The van der Waals surface area contributed by atoms with Crippen LogP contribution in [0.25, 0.3) is 0 Å². The van der Waals surface area contributed by atoms with Crippen molar-refractivity contribution in [2.45, 2.75) is 13.8 Å². The van der Waals surface area contributed by atoms with Gasteiger partial charge in [-0.2, -0.15) is 0 Å². The molecule has 0 aliphatic heterocycles. The maximum Gasteiger partial charge on any atom is 0.271 e. The Morgan fingerprint density at radius 2 is 2.36 bits per heavy atom. The van der Waals surface area contributed by atoms with Gasteiger partial charge in [-0.3, -0.25) is 4.79 Å². The molecule has 1 amide bonds. The molecule has 3 nitrogen and oxygen atoms in total. The van der Waals surface area contributed by atoms with Gasteiger partial charge in [0, 0.05) is 17.2 Å². The van der Waals surface area contributed by atoms with Crippen molar-refractivity contribution in [3.63, 3.8) is 0 Å². The predicted molar refractivity (Wildman–Crippen MR) is 59.1 cm³/mol. The van der Waals surface area contributed by atoms with Crippen LogP contribution in [0, 0.1) is 5.92 Å². The zero-order chi connectivity index (χ0) is 10.6. The molecule has 0 bridgehead atoms. The number of rotatable bonds is 3. The van der Waals surface area contributed by atoms with Crippen molar-refractivity contribution < 1.29 is 4.79 Å². The van der Waals surface area contributed by atoms with Crippen LogP contribution in [0.1, 0.15) is 24.3 Å². The van der Waals surface area contributed by atoms with Crippen LogP contribution in [-0.4, -0.2) is 17.4 Å². The number of nitrogens with zero attached hydrogens (tertiary/aromatic N) is 1. The van der Waals surface area contributed by atoms with Crippen LogP contribution in [0.2, 0.25) is 0 Å². The molecule has 1 aromatic heterocycles. The summed E-state index contributed by atoms with van der Waals surface area (Å²) in [5.41, 5.74) is 0.438. The second kappa shape index (κ2) is 5.10. The first-order valence-corrected chi connectivity index (χ1v) is 5.29. The fraction of sp³-hybridized carbons (Fsp3) is 0.400. The van der Waals surface area contributed by atoms with Gasteiger partial charge >= 0.3 is 0 Å². The Balaban J connectivity index is 2.65. The third-order valence-electron chi connectivity index (χ3n) is 1.64. The summed E-state index contributed by atoms with van der Waals surface area (Å²) in [7, 11) is 0. The van der Waals surface area contributed by atoms with Gasteiger partial charge in [-0.05, 0) is 34.0 Å². The Morgan fingerprint density at radius 3 is 2.93 bits per heavy atom. The minimum atomic E-state index is -0.133. The normalized spacial score (nSPS) is 10.3. The van der Waals surface area contributed by atoms with Gasteiger partial charge in [-0.15, -0.1) is 0 Å². The van der Waals surface area contributed by atoms with E-state index in [1.54, 1.807) is 18.3 Å². The number of halogens is 1. The van der Waals surface area contributed by atoms with E-state index in [0.717, 1.165) is 4.47 Å². The van der Waals surface area contributed by atoms with Gasteiger partial charge in [-0.25, -0.2) is 4.98 Å². The summed E-state index contributed by atoms with van der Waals surface area (Å²) in [5.74, 6) is 0.313. The van der Waals surface area contributed by atoms with Gasteiger partial charge in [0.15, 0.2) is 0 Å². The first-order chi connectivity index (χ1) is 6.61. The van der Waals surface area contributed by atoms with Crippen LogP contribution in [0.5, 0.6) is 0 Å². The topological polar surface area (TPSA) is 42.0 Å². The summed E-state index contributed by atoms with van der Waals surface area (Å²) in [4.78, 5) is 15.6. The van der Waals surface area contributed by atoms with Gasteiger partial charge in [-0.1, -0.05) is 13.8 Å². The molecule has 4 heteroatoms. The number of hydrogen-bond donors (Lipinski definition) is 1. The highest BCUT2D eigenvalue weighted by Crippen LogP contribution is 2.12. The lowest BCUT2D eigenvalue weighted by atomic mass is 10.2. The standard InChI is InChI=1S/C10H13BrN2O/c1-7(2)6-13-10(14)9-8(11)4-3-5-12-9/h3-5,7H,6H2,1-2H3,(H,13,14). The van der Waals surface area contributed by atoms with Crippen molar-refractivity contribution in [1.29, 1.82) is 0 Å². The van der Waals surface area contributed by atoms with Crippen molar-refractivity contribution >= 4 is 21.8 Å². The number of aromatic nitrogens is 1. The van der Waals surface area contributed by atoms with E-state index < -0.39 is 0 Å². The second-order valence-corrected chi connectivity index (χ2v) is 4.29. The highest BCUT2D eigenvalue weighted by atomic mass is 79.9. The van der Waals surface area contributed by atoms with Crippen LogP contribution in [-0.2, 0) is 0 Å². The lowest BCUT2D eigenvalue weighted by Gasteiger charge is -2.07. The van der Waals surface area contributed by atoms with E-state index in [1.807, 2.05) is 13.8 Å². The maximum atomic E-state index is 11.6. The summed E-state index contributed by atoms with van der Waals surface area (Å²) < 4.78 is 0.723. The van der Waals surface area contributed by atoms with Crippen molar-refractivity contribution in [1.82, 2.24) is 10.3 Å². The third kappa shape index (κ3) is 3.10. The molecule has 1 N–H and O–H groups in total. The van der Waals surface area contributed by atoms with Crippen molar-refractivity contribution in [3.8, 4) is 0 Å². The zero-order valence-corrected chi connectivity index (χ0v) is 9.84. The van der Waals surface area contributed by atoms with Crippen molar-refractivity contribution in [3.05, 3.63) is 28.5 Å². The molecule has 0 aromatic carbocycles. The summed E-state index contributed by atoms with van der Waals surface area (Å²) in [6.07, 6.45) is 1.61. The summed E-state index contributed by atoms with van der Waals surface area (Å²) in [5, 5.41) is 2.81. The molecule has 0 unspecified atom stereocenters. The molecule has 0 atom stereocenters. The largest absolute Gasteiger partial charge is 0.350 e. The highest BCUT2D eigenvalue weighted by molar-refractivity contribution is 9.10. The third-order valence-corrected chi connectivity index (χ3v) is 2.28. The molecular formula is C10H13BrN2O. The van der Waals surface area contributed by atoms with Crippen LogP contribution < -0.4 is 5.32 Å². The number of nitrogens with one attached hydrogen (secondary N) is 1. The average Bonchev–Trinajstić information content (AvgIpc) is 2.15. The average molecular weight is 257 g/mol. The van der Waals surface area contributed by atoms with E-state index >= 15 is 0 Å². The maximum absolute atomic E-state index is 11.6. The number of pyridine rings is 1. The van der Waals surface area contributed by atoms with Crippen molar-refractivity contribution in [2.24, 2.45) is 5.92 Å². The molecule has 1 aromatic rings. The first kappa shape index (κ1) is 11.2. The number of carbonyl (C=O) groups excluding carboxylic acids is 1. The Hall–Kier alpha value is -0.900. The summed E-state index contributed by atoms with van der Waals surface area (Å²) >= 11 is 3.28. The minimum Gasteiger partial charge on any atom is -0.350 e. The Morgan fingerprint density at radius 1 is 1.64 bits per heavy atom. The first-order valence-electron chi connectivity index (χ1n) is 4.50. The lowest BCUT2D eigenvalue weighted by Crippen LogP contribution is -2.28. The molecule has 0 saturated carbocycles. The monoisotopic (exact) mass is 256 g/mol. The van der Waals surface area contributed by atoms with Gasteiger partial charge < -0.3 is 5.32 Å². The molecule has 0 fully saturated rings. The minimum absolute atomic E-state index is 0.133. The van der Waals surface area contributed by atoms with Gasteiger partial charge in [0.1, 0.15) is 5.69 Å². The van der Waals surface area contributed by atoms with E-state index in [4.69, 9.17) is 0 Å². The van der Waals surface area contributed by atoms with Gasteiger partial charge in [0.05, 0.1) is 0 Å². The second-order valence-electron chi connectivity index (χ2n) is 3.44. The van der Waals surface area contributed by atoms with Crippen LogP contribution >= 0.6 is 15.9 Å². The molecule has 76 valence electrons. The highest BCUT2D eigenvalue weighted by Gasteiger charge is 2.10. The summed E-state index contributed by atoms with van der Waals surface area (Å²) in [6.45, 7) is 4.77. The molecular weight excluding hydrogens is 244 g/mol. The smallest absolute Gasteiger partial charge is 0.271 e. The van der Waals surface area contributed by atoms with Gasteiger partial charge in [0.25, 0.3) is 5.91 Å². The quantitative estimate of drug-likeness (QED) is 0.902. The van der Waals surface area contributed by atoms with E-state index in [2.05, 4.69) is 26.2 Å². The molecule has 1 rings (SSSR count). The van der Waals surface area contributed by atoms with E-state index in [1.165, 1.54) is 0 Å². The molecule has 0 saturated heterocycles. The fourth-order valence-corrected chi connectivity index (χ4v) is 1.37. The van der Waals surface area contributed by atoms with Crippen LogP contribution in [0.15, 0.2) is 22.8 Å². The SMILES string of the molecule is CC(C)CNC(=O)c1ncccc1Br. The number of amides is 1. The molecule has 0 aliphatic carbocycles. The van der Waals surface area contributed by atoms with Crippen LogP contribution in [0.3, 0.4) is 0 Å². The zero-order valence-electron chi connectivity index (χ0n) is 8.25. The lowest BCUT2D eigenvalue weighted by molar-refractivity contribution is 0.0943. The van der Waals surface area contributed by atoms with Crippen molar-refractivity contribution in [2.75, 3.05) is 6.54 Å².